The van der Waals surface area contributed by atoms with Crippen LogP contribution in [0.4, 0.5) is 0 Å². The molecule has 1 saturated heterocycles. The molecule has 0 aliphatic carbocycles. The molecule has 0 unspecified atom stereocenters. The molecule has 2 heterocycles. The Morgan fingerprint density at radius 3 is 2.58 bits per heavy atom. The normalized spacial score (nSPS) is 18.1. The second-order valence-electron chi connectivity index (χ2n) is 5.96. The molecule has 0 radical (unpaired) electrons. The number of amides is 2. The minimum Gasteiger partial charge on any atom is -0.467 e. The number of carbonyl (C=O) groups is 2. The van der Waals surface area contributed by atoms with E-state index in [1.165, 1.54) is 16.8 Å². The molecule has 1 atom stereocenters. The molecule has 0 spiro atoms. The zero-order chi connectivity index (χ0) is 17.7. The van der Waals surface area contributed by atoms with Crippen LogP contribution < -0.4 is 10.6 Å². The van der Waals surface area contributed by atoms with Crippen molar-refractivity contribution in [3.63, 3.8) is 0 Å². The molecule has 0 saturated carbocycles. The van der Waals surface area contributed by atoms with Crippen LogP contribution in [0, 0.1) is 5.92 Å². The second kappa shape index (κ2) is 7.80. The standard InChI is InChI=1S/C15H23N3O5S/c1-11(14(19)16-10-13-4-3-9-23-13)17-15(20)12-5-7-18(8-6-12)24(2,21)22/h3-4,9,11-12H,5-8,10H2,1-2H3,(H,16,19)(H,17,20)/t11-/m1/s1. The number of sulfonamides is 1. The maximum atomic E-state index is 12.2. The van der Waals surface area contributed by atoms with E-state index in [-0.39, 0.29) is 24.3 Å². The van der Waals surface area contributed by atoms with Crippen LogP contribution in [0.15, 0.2) is 22.8 Å². The first-order chi connectivity index (χ1) is 11.3. The summed E-state index contributed by atoms with van der Waals surface area (Å²) in [6, 6.07) is 2.81. The number of hydrogen-bond acceptors (Lipinski definition) is 5. The summed E-state index contributed by atoms with van der Waals surface area (Å²) < 4.78 is 29.4. The number of carbonyl (C=O) groups excluding carboxylic acids is 2. The molecule has 9 heteroatoms. The molecule has 0 aromatic carbocycles. The van der Waals surface area contributed by atoms with Gasteiger partial charge < -0.3 is 15.1 Å². The minimum absolute atomic E-state index is 0.219. The van der Waals surface area contributed by atoms with Gasteiger partial charge in [0.05, 0.1) is 19.1 Å². The average Bonchev–Trinajstić information content (AvgIpc) is 3.05. The Morgan fingerprint density at radius 2 is 2.04 bits per heavy atom. The van der Waals surface area contributed by atoms with Crippen LogP contribution in [-0.4, -0.2) is 49.9 Å². The van der Waals surface area contributed by atoms with Crippen molar-refractivity contribution in [3.05, 3.63) is 24.2 Å². The molecule has 24 heavy (non-hydrogen) atoms. The molecule has 0 bridgehead atoms. The van der Waals surface area contributed by atoms with E-state index in [9.17, 15) is 18.0 Å². The predicted octanol–water partition coefficient (Wildman–Crippen LogP) is 0.0721. The molecular formula is C15H23N3O5S. The first-order valence-electron chi connectivity index (χ1n) is 7.83. The summed E-state index contributed by atoms with van der Waals surface area (Å²) in [7, 11) is -3.21. The Labute approximate surface area is 141 Å². The van der Waals surface area contributed by atoms with Gasteiger partial charge in [-0.1, -0.05) is 0 Å². The van der Waals surface area contributed by atoms with Crippen LogP contribution in [-0.2, 0) is 26.2 Å². The SMILES string of the molecule is C[C@@H](NC(=O)C1CCN(S(C)(=O)=O)CC1)C(=O)NCc1ccco1. The Balaban J connectivity index is 1.76. The summed E-state index contributed by atoms with van der Waals surface area (Å²) in [6.45, 7) is 2.53. The molecule has 2 rings (SSSR count). The van der Waals surface area contributed by atoms with Gasteiger partial charge in [0.15, 0.2) is 0 Å². The number of furan rings is 1. The van der Waals surface area contributed by atoms with Gasteiger partial charge in [-0.2, -0.15) is 0 Å². The lowest BCUT2D eigenvalue weighted by molar-refractivity contribution is -0.131. The second-order valence-corrected chi connectivity index (χ2v) is 7.95. The zero-order valence-corrected chi connectivity index (χ0v) is 14.6. The van der Waals surface area contributed by atoms with Crippen LogP contribution in [0.2, 0.25) is 0 Å². The number of rotatable bonds is 6. The predicted molar refractivity (Wildman–Crippen MR) is 87.3 cm³/mol. The van der Waals surface area contributed by atoms with Crippen LogP contribution in [0.3, 0.4) is 0 Å². The van der Waals surface area contributed by atoms with Crippen molar-refractivity contribution in [1.29, 1.82) is 0 Å². The molecule has 1 fully saturated rings. The van der Waals surface area contributed by atoms with Crippen molar-refractivity contribution < 1.29 is 22.4 Å². The van der Waals surface area contributed by atoms with Gasteiger partial charge in [0, 0.05) is 19.0 Å². The highest BCUT2D eigenvalue weighted by Gasteiger charge is 2.30. The first kappa shape index (κ1) is 18.5. The van der Waals surface area contributed by atoms with E-state index in [4.69, 9.17) is 4.42 Å². The summed E-state index contributed by atoms with van der Waals surface area (Å²) in [5.74, 6) is -0.157. The van der Waals surface area contributed by atoms with E-state index in [0.29, 0.717) is 31.7 Å². The summed E-state index contributed by atoms with van der Waals surface area (Å²) >= 11 is 0. The van der Waals surface area contributed by atoms with Crippen molar-refractivity contribution in [2.24, 2.45) is 5.92 Å². The summed E-state index contributed by atoms with van der Waals surface area (Å²) in [4.78, 5) is 24.2. The Bertz CT molecular complexity index is 663. The fourth-order valence-electron chi connectivity index (χ4n) is 2.59. The molecule has 134 valence electrons. The van der Waals surface area contributed by atoms with Gasteiger partial charge >= 0.3 is 0 Å². The lowest BCUT2D eigenvalue weighted by Gasteiger charge is -2.30. The highest BCUT2D eigenvalue weighted by atomic mass is 32.2. The molecule has 8 nitrogen and oxygen atoms in total. The monoisotopic (exact) mass is 357 g/mol. The molecule has 2 amide bonds. The van der Waals surface area contributed by atoms with Crippen molar-refractivity contribution in [2.75, 3.05) is 19.3 Å². The fourth-order valence-corrected chi connectivity index (χ4v) is 3.46. The van der Waals surface area contributed by atoms with E-state index < -0.39 is 16.1 Å². The quantitative estimate of drug-likeness (QED) is 0.749. The summed E-state index contributed by atoms with van der Waals surface area (Å²) in [5, 5.41) is 5.37. The van der Waals surface area contributed by atoms with Gasteiger partial charge in [-0.05, 0) is 31.9 Å². The third-order valence-corrected chi connectivity index (χ3v) is 5.37. The first-order valence-corrected chi connectivity index (χ1v) is 9.68. The lowest BCUT2D eigenvalue weighted by Crippen LogP contribution is -2.48. The largest absolute Gasteiger partial charge is 0.467 e. The van der Waals surface area contributed by atoms with Crippen LogP contribution in [0.5, 0.6) is 0 Å². The molecule has 1 aliphatic heterocycles. The number of nitrogens with one attached hydrogen (secondary N) is 2. The molecule has 1 aliphatic rings. The van der Waals surface area contributed by atoms with Gasteiger partial charge in [-0.25, -0.2) is 12.7 Å². The van der Waals surface area contributed by atoms with Gasteiger partial charge in [0.25, 0.3) is 0 Å². The van der Waals surface area contributed by atoms with Crippen molar-refractivity contribution in [3.8, 4) is 0 Å². The van der Waals surface area contributed by atoms with E-state index in [2.05, 4.69) is 10.6 Å². The van der Waals surface area contributed by atoms with Gasteiger partial charge in [-0.15, -0.1) is 0 Å². The third-order valence-electron chi connectivity index (χ3n) is 4.06. The van der Waals surface area contributed by atoms with Crippen molar-refractivity contribution in [2.45, 2.75) is 32.4 Å². The maximum absolute atomic E-state index is 12.2. The maximum Gasteiger partial charge on any atom is 0.242 e. The van der Waals surface area contributed by atoms with Crippen LogP contribution in [0.1, 0.15) is 25.5 Å². The fraction of sp³-hybridized carbons (Fsp3) is 0.600. The van der Waals surface area contributed by atoms with Crippen LogP contribution in [0.25, 0.3) is 0 Å². The number of piperidine rings is 1. The van der Waals surface area contributed by atoms with Crippen LogP contribution >= 0.6 is 0 Å². The number of nitrogens with zero attached hydrogens (tertiary/aromatic N) is 1. The highest BCUT2D eigenvalue weighted by Crippen LogP contribution is 2.19. The molecule has 1 aromatic heterocycles. The lowest BCUT2D eigenvalue weighted by atomic mass is 9.97. The van der Waals surface area contributed by atoms with Gasteiger partial charge in [0.2, 0.25) is 21.8 Å². The third kappa shape index (κ3) is 5.07. The average molecular weight is 357 g/mol. The van der Waals surface area contributed by atoms with E-state index in [0.717, 1.165) is 0 Å². The van der Waals surface area contributed by atoms with Crippen molar-refractivity contribution in [1.82, 2.24) is 14.9 Å². The van der Waals surface area contributed by atoms with E-state index >= 15 is 0 Å². The molecule has 1 aromatic rings. The minimum atomic E-state index is -3.21. The molecule has 2 N–H and O–H groups in total. The Morgan fingerprint density at radius 1 is 1.38 bits per heavy atom. The summed E-state index contributed by atoms with van der Waals surface area (Å²) in [6.07, 6.45) is 3.60. The topological polar surface area (TPSA) is 109 Å². The van der Waals surface area contributed by atoms with E-state index in [1.54, 1.807) is 19.1 Å². The van der Waals surface area contributed by atoms with Gasteiger partial charge in [0.1, 0.15) is 11.8 Å². The summed E-state index contributed by atoms with van der Waals surface area (Å²) in [5.41, 5.74) is 0. The Kier molecular flexibility index (Phi) is 6.00. The number of hydrogen-bond donors (Lipinski definition) is 2. The van der Waals surface area contributed by atoms with Gasteiger partial charge in [-0.3, -0.25) is 9.59 Å². The zero-order valence-electron chi connectivity index (χ0n) is 13.8. The highest BCUT2D eigenvalue weighted by molar-refractivity contribution is 7.88. The van der Waals surface area contributed by atoms with E-state index in [1.807, 2.05) is 0 Å². The molecular weight excluding hydrogens is 334 g/mol. The van der Waals surface area contributed by atoms with Crippen molar-refractivity contribution >= 4 is 21.8 Å². The smallest absolute Gasteiger partial charge is 0.242 e. The Hall–Kier alpha value is -1.87.